The van der Waals surface area contributed by atoms with Crippen molar-refractivity contribution >= 4 is 0 Å². The van der Waals surface area contributed by atoms with Gasteiger partial charge in [-0.2, -0.15) is 0 Å². The summed E-state index contributed by atoms with van der Waals surface area (Å²) in [5, 5.41) is 0. The van der Waals surface area contributed by atoms with E-state index >= 15 is 0 Å². The molecule has 3 nitrogen and oxygen atoms in total. The first-order valence-corrected chi connectivity index (χ1v) is 4.35. The molecule has 12 heavy (non-hydrogen) atoms. The lowest BCUT2D eigenvalue weighted by molar-refractivity contribution is -0.291. The second-order valence-electron chi connectivity index (χ2n) is 4.91. The Labute approximate surface area is 73.0 Å². The van der Waals surface area contributed by atoms with E-state index in [4.69, 9.17) is 14.2 Å². The summed E-state index contributed by atoms with van der Waals surface area (Å²) in [6.45, 7) is 9.61. The van der Waals surface area contributed by atoms with E-state index in [1.54, 1.807) is 0 Å². The van der Waals surface area contributed by atoms with Crippen LogP contribution in [-0.2, 0) is 14.2 Å². The molecule has 70 valence electrons. The molecule has 0 radical (unpaired) electrons. The third-order valence-electron chi connectivity index (χ3n) is 2.39. The fourth-order valence-electron chi connectivity index (χ4n) is 1.38. The molecule has 3 heteroatoms. The van der Waals surface area contributed by atoms with Gasteiger partial charge in [-0.15, -0.1) is 0 Å². The van der Waals surface area contributed by atoms with Crippen LogP contribution in [-0.4, -0.2) is 24.8 Å². The molecule has 0 unspecified atom stereocenters. The van der Waals surface area contributed by atoms with Gasteiger partial charge in [0.15, 0.2) is 0 Å². The van der Waals surface area contributed by atoms with Gasteiger partial charge in [-0.1, -0.05) is 13.8 Å². The Morgan fingerprint density at radius 3 is 1.67 bits per heavy atom. The van der Waals surface area contributed by atoms with Crippen LogP contribution in [0.5, 0.6) is 0 Å². The van der Waals surface area contributed by atoms with Crippen LogP contribution in [0.15, 0.2) is 0 Å². The predicted octanol–water partition coefficient (Wildman–Crippen LogP) is 1.52. The summed E-state index contributed by atoms with van der Waals surface area (Å²) in [7, 11) is 0. The molecule has 0 aromatic rings. The van der Waals surface area contributed by atoms with Gasteiger partial charge in [-0.25, -0.2) is 0 Å². The Bertz CT molecular complexity index is 198. The summed E-state index contributed by atoms with van der Waals surface area (Å²) in [6, 6.07) is 0. The largest absolute Gasteiger partial charge is 0.324 e. The molecule has 0 aromatic heterocycles. The quantitative estimate of drug-likeness (QED) is 0.519. The molecule has 2 saturated heterocycles. The predicted molar refractivity (Wildman–Crippen MR) is 43.6 cm³/mol. The maximum Gasteiger partial charge on any atom is 0.314 e. The molecule has 0 aromatic carbocycles. The lowest BCUT2D eigenvalue weighted by Crippen LogP contribution is -2.42. The highest BCUT2D eigenvalue weighted by Gasteiger charge is 2.70. The number of rotatable bonds is 0. The average molecular weight is 172 g/mol. The first-order valence-electron chi connectivity index (χ1n) is 4.35. The number of hydrogen-bond donors (Lipinski definition) is 0. The summed E-state index contributed by atoms with van der Waals surface area (Å²) in [4.78, 5) is 0. The highest BCUT2D eigenvalue weighted by molar-refractivity contribution is 4.99. The number of hydrogen-bond acceptors (Lipinski definition) is 3. The van der Waals surface area contributed by atoms with E-state index in [0.717, 1.165) is 0 Å². The van der Waals surface area contributed by atoms with Gasteiger partial charge in [0, 0.05) is 5.41 Å². The Balaban J connectivity index is 2.01. The zero-order valence-electron chi connectivity index (χ0n) is 8.14. The fourth-order valence-corrected chi connectivity index (χ4v) is 1.38. The van der Waals surface area contributed by atoms with Crippen LogP contribution in [0.4, 0.5) is 0 Å². The smallest absolute Gasteiger partial charge is 0.314 e. The van der Waals surface area contributed by atoms with Crippen molar-refractivity contribution in [2.24, 2.45) is 5.41 Å². The summed E-state index contributed by atoms with van der Waals surface area (Å²) < 4.78 is 16.5. The lowest BCUT2D eigenvalue weighted by atomic mass is 9.95. The molecule has 2 heterocycles. The summed E-state index contributed by atoms with van der Waals surface area (Å²) in [6.07, 6.45) is 0. The van der Waals surface area contributed by atoms with Gasteiger partial charge in [0.05, 0.1) is 13.2 Å². The molecule has 2 rings (SSSR count). The van der Waals surface area contributed by atoms with Crippen LogP contribution in [0.1, 0.15) is 27.7 Å². The third-order valence-corrected chi connectivity index (χ3v) is 2.39. The number of epoxide rings is 1. The van der Waals surface area contributed by atoms with E-state index in [1.807, 2.05) is 13.8 Å². The van der Waals surface area contributed by atoms with Crippen LogP contribution in [0.2, 0.25) is 0 Å². The van der Waals surface area contributed by atoms with Crippen molar-refractivity contribution in [3.63, 3.8) is 0 Å². The van der Waals surface area contributed by atoms with E-state index < -0.39 is 5.97 Å². The molecule has 0 amide bonds. The van der Waals surface area contributed by atoms with E-state index in [9.17, 15) is 0 Å². The van der Waals surface area contributed by atoms with Crippen molar-refractivity contribution in [3.8, 4) is 0 Å². The van der Waals surface area contributed by atoms with Crippen molar-refractivity contribution < 1.29 is 14.2 Å². The SMILES string of the molecule is CC1(C)COC2(OC1)OC2(C)C. The molecule has 0 atom stereocenters. The third kappa shape index (κ3) is 1.08. The Morgan fingerprint density at radius 2 is 1.33 bits per heavy atom. The normalized spacial score (nSPS) is 35.0. The minimum atomic E-state index is -0.720. The molecule has 0 bridgehead atoms. The molecule has 1 spiro atoms. The van der Waals surface area contributed by atoms with Crippen molar-refractivity contribution in [2.45, 2.75) is 39.3 Å². The zero-order valence-corrected chi connectivity index (χ0v) is 8.14. The van der Waals surface area contributed by atoms with Crippen molar-refractivity contribution in [3.05, 3.63) is 0 Å². The highest BCUT2D eigenvalue weighted by atomic mass is 17.0. The van der Waals surface area contributed by atoms with Gasteiger partial charge in [-0.05, 0) is 13.8 Å². The Kier molecular flexibility index (Phi) is 1.43. The molecule has 2 aliphatic rings. The van der Waals surface area contributed by atoms with E-state index in [1.165, 1.54) is 0 Å². The second kappa shape index (κ2) is 2.03. The van der Waals surface area contributed by atoms with Gasteiger partial charge in [-0.3, -0.25) is 0 Å². The molecule has 2 aliphatic heterocycles. The molecule has 0 aliphatic carbocycles. The number of ether oxygens (including phenoxy) is 3. The van der Waals surface area contributed by atoms with Gasteiger partial charge in [0.1, 0.15) is 5.60 Å². The first-order chi connectivity index (χ1) is 5.37. The summed E-state index contributed by atoms with van der Waals surface area (Å²) >= 11 is 0. The van der Waals surface area contributed by atoms with Crippen molar-refractivity contribution in [1.29, 1.82) is 0 Å². The van der Waals surface area contributed by atoms with Gasteiger partial charge >= 0.3 is 5.97 Å². The second-order valence-corrected chi connectivity index (χ2v) is 4.91. The molecular formula is C9H16O3. The minimum Gasteiger partial charge on any atom is -0.324 e. The average Bonchev–Trinajstić information content (AvgIpc) is 2.45. The van der Waals surface area contributed by atoms with Gasteiger partial charge in [0.25, 0.3) is 0 Å². The monoisotopic (exact) mass is 172 g/mol. The summed E-state index contributed by atoms with van der Waals surface area (Å²) in [5.74, 6) is -0.720. The van der Waals surface area contributed by atoms with E-state index in [-0.39, 0.29) is 11.0 Å². The van der Waals surface area contributed by atoms with Crippen LogP contribution >= 0.6 is 0 Å². The maximum absolute atomic E-state index is 5.56. The standard InChI is InChI=1S/C9H16O3/c1-7(2)5-10-9(11-6-7)8(3,4)12-9/h5-6H2,1-4H3. The summed E-state index contributed by atoms with van der Waals surface area (Å²) in [5.41, 5.74) is -0.142. The van der Waals surface area contributed by atoms with Crippen molar-refractivity contribution in [1.82, 2.24) is 0 Å². The molecule has 0 N–H and O–H groups in total. The van der Waals surface area contributed by atoms with Crippen LogP contribution < -0.4 is 0 Å². The molecule has 2 fully saturated rings. The highest BCUT2D eigenvalue weighted by Crippen LogP contribution is 2.52. The Morgan fingerprint density at radius 1 is 0.917 bits per heavy atom. The zero-order chi connectivity index (χ0) is 9.04. The van der Waals surface area contributed by atoms with Gasteiger partial charge < -0.3 is 14.2 Å². The first kappa shape index (κ1) is 8.48. The van der Waals surface area contributed by atoms with Crippen LogP contribution in [0, 0.1) is 5.41 Å². The fraction of sp³-hybridized carbons (Fsp3) is 1.00. The van der Waals surface area contributed by atoms with E-state index in [0.29, 0.717) is 13.2 Å². The Hall–Kier alpha value is -0.120. The van der Waals surface area contributed by atoms with E-state index in [2.05, 4.69) is 13.8 Å². The lowest BCUT2D eigenvalue weighted by Gasteiger charge is -2.33. The van der Waals surface area contributed by atoms with Crippen LogP contribution in [0.3, 0.4) is 0 Å². The van der Waals surface area contributed by atoms with Crippen LogP contribution in [0.25, 0.3) is 0 Å². The van der Waals surface area contributed by atoms with Crippen molar-refractivity contribution in [2.75, 3.05) is 13.2 Å². The minimum absolute atomic E-state index is 0.118. The molecule has 0 saturated carbocycles. The maximum atomic E-state index is 5.56. The van der Waals surface area contributed by atoms with Gasteiger partial charge in [0.2, 0.25) is 0 Å². The molecular weight excluding hydrogens is 156 g/mol. The topological polar surface area (TPSA) is 31.0 Å².